The standard InChI is InChI=1S/C13H20FNO/c1-9-7-10(5-6-11(9)14)13(16,8-15)12(2,3)4/h5-7,16H,8,15H2,1-4H3. The molecule has 1 atom stereocenters. The Bertz CT molecular complexity index is 384. The lowest BCUT2D eigenvalue weighted by atomic mass is 9.72. The zero-order valence-electron chi connectivity index (χ0n) is 10.3. The van der Waals surface area contributed by atoms with E-state index in [0.717, 1.165) is 0 Å². The molecule has 0 amide bonds. The van der Waals surface area contributed by atoms with Gasteiger partial charge in [-0.05, 0) is 29.5 Å². The smallest absolute Gasteiger partial charge is 0.126 e. The zero-order valence-corrected chi connectivity index (χ0v) is 10.3. The molecule has 3 N–H and O–H groups in total. The average Bonchev–Trinajstić information content (AvgIpc) is 2.19. The van der Waals surface area contributed by atoms with Crippen molar-refractivity contribution in [3.05, 3.63) is 35.1 Å². The van der Waals surface area contributed by atoms with E-state index in [1.807, 2.05) is 20.8 Å². The Morgan fingerprint density at radius 2 is 1.88 bits per heavy atom. The fraction of sp³-hybridized carbons (Fsp3) is 0.538. The number of aliphatic hydroxyl groups is 1. The second-order valence-electron chi connectivity index (χ2n) is 5.28. The van der Waals surface area contributed by atoms with Gasteiger partial charge in [0.2, 0.25) is 0 Å². The van der Waals surface area contributed by atoms with Gasteiger partial charge in [-0.1, -0.05) is 32.9 Å². The molecule has 0 aromatic heterocycles. The molecular formula is C13H20FNO. The van der Waals surface area contributed by atoms with E-state index >= 15 is 0 Å². The van der Waals surface area contributed by atoms with Crippen LogP contribution in [0.3, 0.4) is 0 Å². The minimum atomic E-state index is -1.13. The second kappa shape index (κ2) is 4.15. The fourth-order valence-corrected chi connectivity index (χ4v) is 1.76. The predicted molar refractivity (Wildman–Crippen MR) is 63.5 cm³/mol. The molecule has 0 saturated carbocycles. The van der Waals surface area contributed by atoms with Crippen LogP contribution in [-0.4, -0.2) is 11.7 Å². The lowest BCUT2D eigenvalue weighted by molar-refractivity contribution is -0.0558. The molecule has 0 aliphatic rings. The van der Waals surface area contributed by atoms with Crippen molar-refractivity contribution in [2.75, 3.05) is 6.54 Å². The van der Waals surface area contributed by atoms with Gasteiger partial charge in [0.15, 0.2) is 0 Å². The van der Waals surface area contributed by atoms with Crippen molar-refractivity contribution in [3.63, 3.8) is 0 Å². The third kappa shape index (κ3) is 2.11. The molecule has 0 radical (unpaired) electrons. The number of halogens is 1. The summed E-state index contributed by atoms with van der Waals surface area (Å²) in [6.45, 7) is 7.54. The molecule has 0 fully saturated rings. The molecule has 0 spiro atoms. The Balaban J connectivity index is 3.29. The fourth-order valence-electron chi connectivity index (χ4n) is 1.76. The Morgan fingerprint density at radius 1 is 1.31 bits per heavy atom. The Kier molecular flexibility index (Phi) is 3.41. The maximum Gasteiger partial charge on any atom is 0.126 e. The molecule has 0 aliphatic carbocycles. The van der Waals surface area contributed by atoms with Gasteiger partial charge < -0.3 is 10.8 Å². The van der Waals surface area contributed by atoms with Crippen LogP contribution in [0.1, 0.15) is 31.9 Å². The van der Waals surface area contributed by atoms with E-state index in [-0.39, 0.29) is 12.4 Å². The third-order valence-electron chi connectivity index (χ3n) is 3.17. The van der Waals surface area contributed by atoms with Crippen LogP contribution in [0, 0.1) is 18.2 Å². The molecule has 0 saturated heterocycles. The topological polar surface area (TPSA) is 46.2 Å². The van der Waals surface area contributed by atoms with E-state index in [4.69, 9.17) is 5.73 Å². The first-order chi connectivity index (χ1) is 7.22. The molecule has 0 bridgehead atoms. The highest BCUT2D eigenvalue weighted by Crippen LogP contribution is 2.38. The summed E-state index contributed by atoms with van der Waals surface area (Å²) in [6, 6.07) is 4.63. The highest BCUT2D eigenvalue weighted by molar-refractivity contribution is 5.30. The summed E-state index contributed by atoms with van der Waals surface area (Å²) in [5.74, 6) is -0.267. The van der Waals surface area contributed by atoms with E-state index < -0.39 is 11.0 Å². The Labute approximate surface area is 96.3 Å². The van der Waals surface area contributed by atoms with Crippen LogP contribution in [0.15, 0.2) is 18.2 Å². The monoisotopic (exact) mass is 225 g/mol. The van der Waals surface area contributed by atoms with Crippen LogP contribution in [0.2, 0.25) is 0 Å². The molecule has 3 heteroatoms. The summed E-state index contributed by atoms with van der Waals surface area (Å²) in [7, 11) is 0. The van der Waals surface area contributed by atoms with Gasteiger partial charge in [-0.3, -0.25) is 0 Å². The molecule has 0 aliphatic heterocycles. The van der Waals surface area contributed by atoms with Gasteiger partial charge in [-0.25, -0.2) is 4.39 Å². The van der Waals surface area contributed by atoms with Gasteiger partial charge in [-0.15, -0.1) is 0 Å². The summed E-state index contributed by atoms with van der Waals surface area (Å²) < 4.78 is 13.2. The number of hydrogen-bond donors (Lipinski definition) is 2. The van der Waals surface area contributed by atoms with Gasteiger partial charge in [0, 0.05) is 6.54 Å². The van der Waals surface area contributed by atoms with Crippen LogP contribution < -0.4 is 5.73 Å². The van der Waals surface area contributed by atoms with Crippen LogP contribution in [0.25, 0.3) is 0 Å². The van der Waals surface area contributed by atoms with Gasteiger partial charge >= 0.3 is 0 Å². The number of nitrogens with two attached hydrogens (primary N) is 1. The van der Waals surface area contributed by atoms with Crippen molar-refractivity contribution < 1.29 is 9.50 Å². The van der Waals surface area contributed by atoms with Crippen LogP contribution in [0.4, 0.5) is 4.39 Å². The molecule has 0 heterocycles. The van der Waals surface area contributed by atoms with E-state index in [1.165, 1.54) is 6.07 Å². The first kappa shape index (κ1) is 13.1. The lowest BCUT2D eigenvalue weighted by Gasteiger charge is -2.40. The highest BCUT2D eigenvalue weighted by atomic mass is 19.1. The van der Waals surface area contributed by atoms with Gasteiger partial charge in [-0.2, -0.15) is 0 Å². The molecule has 2 nitrogen and oxygen atoms in total. The lowest BCUT2D eigenvalue weighted by Crippen LogP contribution is -2.46. The first-order valence-electron chi connectivity index (χ1n) is 5.41. The van der Waals surface area contributed by atoms with E-state index in [9.17, 15) is 9.50 Å². The third-order valence-corrected chi connectivity index (χ3v) is 3.17. The predicted octanol–water partition coefficient (Wildman–Crippen LogP) is 2.33. The minimum Gasteiger partial charge on any atom is -0.383 e. The summed E-state index contributed by atoms with van der Waals surface area (Å²) in [5, 5.41) is 10.6. The zero-order chi connectivity index (χ0) is 12.6. The van der Waals surface area contributed by atoms with E-state index in [0.29, 0.717) is 11.1 Å². The number of benzene rings is 1. The Hall–Kier alpha value is -0.930. The molecular weight excluding hydrogens is 205 g/mol. The van der Waals surface area contributed by atoms with Gasteiger partial charge in [0.05, 0.1) is 0 Å². The van der Waals surface area contributed by atoms with E-state index in [2.05, 4.69) is 0 Å². The van der Waals surface area contributed by atoms with Crippen molar-refractivity contribution in [3.8, 4) is 0 Å². The van der Waals surface area contributed by atoms with Crippen molar-refractivity contribution >= 4 is 0 Å². The molecule has 1 aromatic carbocycles. The first-order valence-corrected chi connectivity index (χ1v) is 5.41. The SMILES string of the molecule is Cc1cc(C(O)(CN)C(C)(C)C)ccc1F. The van der Waals surface area contributed by atoms with Crippen molar-refractivity contribution in [1.82, 2.24) is 0 Å². The number of aryl methyl sites for hydroxylation is 1. The summed E-state index contributed by atoms with van der Waals surface area (Å²) in [6.07, 6.45) is 0. The average molecular weight is 225 g/mol. The molecule has 1 unspecified atom stereocenters. The highest BCUT2D eigenvalue weighted by Gasteiger charge is 2.40. The molecule has 90 valence electrons. The number of rotatable bonds is 2. The summed E-state index contributed by atoms with van der Waals surface area (Å²) in [4.78, 5) is 0. The van der Waals surface area contributed by atoms with E-state index in [1.54, 1.807) is 19.1 Å². The van der Waals surface area contributed by atoms with Crippen molar-refractivity contribution in [1.29, 1.82) is 0 Å². The summed E-state index contributed by atoms with van der Waals surface area (Å²) in [5.41, 5.74) is 5.33. The number of hydrogen-bond acceptors (Lipinski definition) is 2. The maximum atomic E-state index is 13.2. The van der Waals surface area contributed by atoms with Crippen molar-refractivity contribution in [2.24, 2.45) is 11.1 Å². The second-order valence-corrected chi connectivity index (χ2v) is 5.28. The molecule has 1 rings (SSSR count). The van der Waals surface area contributed by atoms with Gasteiger partial charge in [0.25, 0.3) is 0 Å². The summed E-state index contributed by atoms with van der Waals surface area (Å²) >= 11 is 0. The van der Waals surface area contributed by atoms with Crippen LogP contribution >= 0.6 is 0 Å². The molecule has 1 aromatic rings. The largest absolute Gasteiger partial charge is 0.383 e. The van der Waals surface area contributed by atoms with Crippen molar-refractivity contribution in [2.45, 2.75) is 33.3 Å². The van der Waals surface area contributed by atoms with Crippen LogP contribution in [-0.2, 0) is 5.60 Å². The van der Waals surface area contributed by atoms with Gasteiger partial charge in [0.1, 0.15) is 11.4 Å². The quantitative estimate of drug-likeness (QED) is 0.811. The minimum absolute atomic E-state index is 0.113. The molecule has 16 heavy (non-hydrogen) atoms. The normalized spacial score (nSPS) is 15.9. The Morgan fingerprint density at radius 3 is 2.25 bits per heavy atom. The van der Waals surface area contributed by atoms with Crippen LogP contribution in [0.5, 0.6) is 0 Å². The maximum absolute atomic E-state index is 13.2.